The molecule has 108 valence electrons. The molecular formula is C16H20INO2. The summed E-state index contributed by atoms with van der Waals surface area (Å²) in [7, 11) is 3.67. The van der Waals surface area contributed by atoms with Crippen LogP contribution in [0.15, 0.2) is 30.3 Å². The van der Waals surface area contributed by atoms with Gasteiger partial charge in [-0.2, -0.15) is 0 Å². The van der Waals surface area contributed by atoms with Crippen LogP contribution in [-0.2, 0) is 15.1 Å². The van der Waals surface area contributed by atoms with Crippen LogP contribution in [0, 0.1) is 0 Å². The number of alkyl halides is 1. The Morgan fingerprint density at radius 3 is 2.60 bits per heavy atom. The van der Waals surface area contributed by atoms with Gasteiger partial charge in [0.05, 0.1) is 12.6 Å². The summed E-state index contributed by atoms with van der Waals surface area (Å²) < 4.78 is 4.67. The predicted octanol–water partition coefficient (Wildman–Crippen LogP) is 3.12. The van der Waals surface area contributed by atoms with Gasteiger partial charge in [-0.1, -0.05) is 52.9 Å². The molecule has 3 atom stereocenters. The van der Waals surface area contributed by atoms with Gasteiger partial charge in [-0.25, -0.2) is 0 Å². The Morgan fingerprint density at radius 2 is 1.95 bits per heavy atom. The first-order valence-electron chi connectivity index (χ1n) is 7.12. The van der Waals surface area contributed by atoms with E-state index in [1.165, 1.54) is 12.7 Å². The van der Waals surface area contributed by atoms with Crippen LogP contribution in [0.1, 0.15) is 31.2 Å². The van der Waals surface area contributed by atoms with Crippen molar-refractivity contribution in [3.63, 3.8) is 0 Å². The molecule has 0 N–H and O–H groups in total. The molecule has 2 bridgehead atoms. The van der Waals surface area contributed by atoms with E-state index in [-0.39, 0.29) is 11.5 Å². The van der Waals surface area contributed by atoms with E-state index in [2.05, 4.69) is 58.8 Å². The van der Waals surface area contributed by atoms with Gasteiger partial charge in [0, 0.05) is 6.04 Å². The number of nitrogens with zero attached hydrogens (tertiary/aromatic N) is 1. The van der Waals surface area contributed by atoms with Crippen LogP contribution in [0.25, 0.3) is 0 Å². The third kappa shape index (κ3) is 1.70. The summed E-state index contributed by atoms with van der Waals surface area (Å²) in [5.41, 5.74) is 1.01. The van der Waals surface area contributed by atoms with E-state index in [0.29, 0.717) is 6.04 Å². The van der Waals surface area contributed by atoms with Gasteiger partial charge in [0.15, 0.2) is 0 Å². The highest BCUT2D eigenvalue weighted by molar-refractivity contribution is 14.1. The zero-order valence-corrected chi connectivity index (χ0v) is 14.1. The van der Waals surface area contributed by atoms with Crippen LogP contribution in [0.3, 0.4) is 0 Å². The zero-order chi connectivity index (χ0) is 14.4. The number of methoxy groups -OCH3 is 1. The third-order valence-electron chi connectivity index (χ3n) is 5.23. The highest BCUT2D eigenvalue weighted by atomic mass is 127. The van der Waals surface area contributed by atoms with E-state index in [9.17, 15) is 4.79 Å². The first kappa shape index (κ1) is 14.3. The first-order chi connectivity index (χ1) is 9.56. The molecule has 0 unspecified atom stereocenters. The van der Waals surface area contributed by atoms with Crippen LogP contribution >= 0.6 is 22.6 Å². The molecule has 1 aromatic carbocycles. The van der Waals surface area contributed by atoms with Gasteiger partial charge in [0.25, 0.3) is 0 Å². The number of hydrogen-bond donors (Lipinski definition) is 0. The first-order valence-corrected chi connectivity index (χ1v) is 8.20. The molecule has 3 nitrogen and oxygen atoms in total. The van der Waals surface area contributed by atoms with Gasteiger partial charge in [-0.15, -0.1) is 0 Å². The second-order valence-electron chi connectivity index (χ2n) is 5.86. The molecule has 2 fully saturated rings. The van der Waals surface area contributed by atoms with Crippen molar-refractivity contribution in [1.29, 1.82) is 0 Å². The summed E-state index contributed by atoms with van der Waals surface area (Å²) in [6, 6.07) is 11.1. The number of benzene rings is 1. The lowest BCUT2D eigenvalue weighted by Gasteiger charge is -2.52. The van der Waals surface area contributed by atoms with Gasteiger partial charge in [-0.05, 0) is 38.3 Å². The van der Waals surface area contributed by atoms with Gasteiger partial charge >= 0.3 is 5.97 Å². The number of fused-ring (bicyclic) bond motifs is 2. The maximum Gasteiger partial charge on any atom is 0.324 e. The number of hydrogen-bond acceptors (Lipinski definition) is 3. The molecular weight excluding hydrogens is 365 g/mol. The molecule has 2 aliphatic rings. The number of piperidine rings is 1. The van der Waals surface area contributed by atoms with Crippen molar-refractivity contribution in [2.75, 3.05) is 14.2 Å². The molecule has 0 amide bonds. The minimum atomic E-state index is -0.497. The fourth-order valence-electron chi connectivity index (χ4n) is 4.17. The van der Waals surface area contributed by atoms with Crippen molar-refractivity contribution in [1.82, 2.24) is 4.90 Å². The fraction of sp³-hybridized carbons (Fsp3) is 0.562. The Bertz CT molecular complexity index is 520. The van der Waals surface area contributed by atoms with Crippen molar-refractivity contribution in [2.24, 2.45) is 0 Å². The Morgan fingerprint density at radius 1 is 1.30 bits per heavy atom. The van der Waals surface area contributed by atoms with E-state index in [1.807, 2.05) is 6.07 Å². The second-order valence-corrected chi connectivity index (χ2v) is 7.70. The van der Waals surface area contributed by atoms with E-state index in [4.69, 9.17) is 4.74 Å². The summed E-state index contributed by atoms with van der Waals surface area (Å²) in [5, 5.41) is 0. The van der Waals surface area contributed by atoms with Crippen LogP contribution < -0.4 is 0 Å². The van der Waals surface area contributed by atoms with Crippen LogP contribution in [0.5, 0.6) is 0 Å². The molecule has 0 radical (unpaired) electrons. The van der Waals surface area contributed by atoms with E-state index in [0.717, 1.165) is 25.7 Å². The van der Waals surface area contributed by atoms with Crippen LogP contribution in [-0.4, -0.2) is 34.5 Å². The average molecular weight is 385 g/mol. The Balaban J connectivity index is 2.18. The molecule has 0 spiro atoms. The molecule has 2 aliphatic heterocycles. The number of carbonyl (C=O) groups is 1. The molecule has 0 aromatic heterocycles. The van der Waals surface area contributed by atoms with Gasteiger partial charge in [0.2, 0.25) is 0 Å². The molecule has 0 aliphatic carbocycles. The van der Waals surface area contributed by atoms with Crippen molar-refractivity contribution >= 4 is 28.6 Å². The van der Waals surface area contributed by atoms with E-state index in [1.54, 1.807) is 0 Å². The maximum absolute atomic E-state index is 12.5. The molecule has 3 rings (SSSR count). The molecule has 2 heterocycles. The Kier molecular flexibility index (Phi) is 3.57. The smallest absolute Gasteiger partial charge is 0.324 e. The molecule has 4 heteroatoms. The minimum Gasteiger partial charge on any atom is -0.468 e. The summed E-state index contributed by atoms with van der Waals surface area (Å²) in [4.78, 5) is 15.0. The lowest BCUT2D eigenvalue weighted by atomic mass is 9.73. The lowest BCUT2D eigenvalue weighted by molar-refractivity contribution is -0.149. The number of carbonyl (C=O) groups excluding carboxylic acids is 1. The normalized spacial score (nSPS) is 36.9. The summed E-state index contributed by atoms with van der Waals surface area (Å²) in [6.45, 7) is 0. The molecule has 2 saturated heterocycles. The topological polar surface area (TPSA) is 29.5 Å². The second kappa shape index (κ2) is 4.98. The minimum absolute atomic E-state index is 0.0887. The van der Waals surface area contributed by atoms with Gasteiger partial charge < -0.3 is 4.74 Å². The lowest BCUT2D eigenvalue weighted by Crippen LogP contribution is -2.62. The molecule has 1 aromatic rings. The van der Waals surface area contributed by atoms with Crippen molar-refractivity contribution in [3.05, 3.63) is 35.9 Å². The fourth-order valence-corrected chi connectivity index (χ4v) is 5.66. The number of ether oxygens (including phenoxy) is 1. The monoisotopic (exact) mass is 385 g/mol. The molecule has 0 saturated carbocycles. The van der Waals surface area contributed by atoms with Crippen molar-refractivity contribution in [3.8, 4) is 0 Å². The van der Waals surface area contributed by atoms with E-state index >= 15 is 0 Å². The number of halogens is 1. The Labute approximate surface area is 133 Å². The molecule has 20 heavy (non-hydrogen) atoms. The number of rotatable bonds is 2. The highest BCUT2D eigenvalue weighted by Gasteiger charge is 2.65. The predicted molar refractivity (Wildman–Crippen MR) is 86.9 cm³/mol. The summed E-state index contributed by atoms with van der Waals surface area (Å²) in [5.74, 6) is -0.0887. The zero-order valence-electron chi connectivity index (χ0n) is 11.9. The van der Waals surface area contributed by atoms with Crippen LogP contribution in [0.4, 0.5) is 0 Å². The van der Waals surface area contributed by atoms with Gasteiger partial charge in [-0.3, -0.25) is 9.69 Å². The standard InChI is InChI=1S/C16H20INO2/c1-18-13-8-10-15(17,14(19)20-2)16(18,11-9-13)12-6-4-3-5-7-12/h3-7,13H,8-11H2,1-2H3/t13-,15+,16+/m1/s1. The highest BCUT2D eigenvalue weighted by Crippen LogP contribution is 2.59. The van der Waals surface area contributed by atoms with E-state index < -0.39 is 3.42 Å². The Hall–Kier alpha value is -0.620. The summed E-state index contributed by atoms with van der Waals surface area (Å²) in [6.07, 6.45) is 4.15. The third-order valence-corrected chi connectivity index (χ3v) is 7.10. The quantitative estimate of drug-likeness (QED) is 0.445. The SMILES string of the molecule is COC(=O)[C@@]1(I)CC[C@@H]2CC[C@@]1(c1ccccc1)N2C. The van der Waals surface area contributed by atoms with Crippen molar-refractivity contribution in [2.45, 2.75) is 40.7 Å². The maximum atomic E-state index is 12.5. The summed E-state index contributed by atoms with van der Waals surface area (Å²) >= 11 is 2.36. The van der Waals surface area contributed by atoms with Gasteiger partial charge in [0.1, 0.15) is 3.42 Å². The largest absolute Gasteiger partial charge is 0.468 e. The van der Waals surface area contributed by atoms with Crippen molar-refractivity contribution < 1.29 is 9.53 Å². The average Bonchev–Trinajstić information content (AvgIpc) is 2.73. The number of esters is 1. The van der Waals surface area contributed by atoms with Crippen LogP contribution in [0.2, 0.25) is 0 Å².